The van der Waals surface area contributed by atoms with Gasteiger partial charge in [-0.2, -0.15) is 0 Å². The van der Waals surface area contributed by atoms with Crippen LogP contribution in [0.5, 0.6) is 5.75 Å². The number of methoxy groups -OCH3 is 1. The second-order valence-corrected chi connectivity index (χ2v) is 4.93. The summed E-state index contributed by atoms with van der Waals surface area (Å²) in [5.74, 6) is 1.15. The normalized spacial score (nSPS) is 16.6. The van der Waals surface area contributed by atoms with Crippen LogP contribution in [0.25, 0.3) is 0 Å². The SMILES string of the molecule is COc1ccc(C2CC(NC(=O)c3ccccc3)=NO2)cc1. The molecule has 5 heteroatoms. The summed E-state index contributed by atoms with van der Waals surface area (Å²) in [4.78, 5) is 17.5. The molecular formula is C17H16N2O3. The summed E-state index contributed by atoms with van der Waals surface area (Å²) >= 11 is 0. The van der Waals surface area contributed by atoms with Crippen molar-refractivity contribution in [1.82, 2.24) is 5.32 Å². The van der Waals surface area contributed by atoms with Crippen molar-refractivity contribution < 1.29 is 14.4 Å². The van der Waals surface area contributed by atoms with Crippen LogP contribution >= 0.6 is 0 Å². The number of ether oxygens (including phenoxy) is 1. The number of carbonyl (C=O) groups is 1. The fourth-order valence-electron chi connectivity index (χ4n) is 2.24. The maximum Gasteiger partial charge on any atom is 0.256 e. The lowest BCUT2D eigenvalue weighted by molar-refractivity contribution is 0.0855. The Morgan fingerprint density at radius 2 is 1.91 bits per heavy atom. The zero-order valence-electron chi connectivity index (χ0n) is 12.2. The van der Waals surface area contributed by atoms with E-state index in [0.29, 0.717) is 17.8 Å². The molecule has 1 amide bonds. The van der Waals surface area contributed by atoms with Crippen molar-refractivity contribution in [3.63, 3.8) is 0 Å². The molecule has 1 aliphatic heterocycles. The molecule has 22 heavy (non-hydrogen) atoms. The Hall–Kier alpha value is -2.82. The van der Waals surface area contributed by atoms with Crippen LogP contribution in [0.4, 0.5) is 0 Å². The first-order valence-electron chi connectivity index (χ1n) is 6.99. The molecule has 1 unspecified atom stereocenters. The van der Waals surface area contributed by atoms with E-state index in [2.05, 4.69) is 10.5 Å². The lowest BCUT2D eigenvalue weighted by Gasteiger charge is -2.09. The third-order valence-corrected chi connectivity index (χ3v) is 3.45. The van der Waals surface area contributed by atoms with Crippen molar-refractivity contribution in [2.75, 3.05) is 7.11 Å². The van der Waals surface area contributed by atoms with Crippen LogP contribution in [0.3, 0.4) is 0 Å². The maximum absolute atomic E-state index is 12.1. The summed E-state index contributed by atoms with van der Waals surface area (Å²) in [6, 6.07) is 16.6. The molecule has 3 rings (SSSR count). The molecule has 2 aromatic carbocycles. The Morgan fingerprint density at radius 1 is 1.18 bits per heavy atom. The number of benzene rings is 2. The second-order valence-electron chi connectivity index (χ2n) is 4.93. The number of hydrogen-bond acceptors (Lipinski definition) is 4. The summed E-state index contributed by atoms with van der Waals surface area (Å²) in [5.41, 5.74) is 1.59. The van der Waals surface area contributed by atoms with E-state index in [0.717, 1.165) is 11.3 Å². The van der Waals surface area contributed by atoms with Gasteiger partial charge in [-0.1, -0.05) is 35.5 Å². The van der Waals surface area contributed by atoms with Gasteiger partial charge in [0.15, 0.2) is 11.9 Å². The van der Waals surface area contributed by atoms with Gasteiger partial charge in [-0.25, -0.2) is 0 Å². The predicted molar refractivity (Wildman–Crippen MR) is 82.8 cm³/mol. The lowest BCUT2D eigenvalue weighted by Crippen LogP contribution is -2.29. The zero-order valence-corrected chi connectivity index (χ0v) is 12.2. The van der Waals surface area contributed by atoms with E-state index in [4.69, 9.17) is 9.57 Å². The van der Waals surface area contributed by atoms with Crippen molar-refractivity contribution in [3.05, 3.63) is 65.7 Å². The minimum Gasteiger partial charge on any atom is -0.497 e. The summed E-state index contributed by atoms with van der Waals surface area (Å²) in [5, 5.41) is 6.73. The third kappa shape index (κ3) is 3.09. The predicted octanol–water partition coefficient (Wildman–Crippen LogP) is 2.90. The van der Waals surface area contributed by atoms with Gasteiger partial charge in [0.05, 0.1) is 13.5 Å². The first-order valence-corrected chi connectivity index (χ1v) is 6.99. The number of hydrogen-bond donors (Lipinski definition) is 1. The highest BCUT2D eigenvalue weighted by Gasteiger charge is 2.24. The molecule has 0 saturated carbocycles. The molecule has 0 aromatic heterocycles. The molecule has 0 aliphatic carbocycles. The summed E-state index contributed by atoms with van der Waals surface area (Å²) in [6.45, 7) is 0. The molecule has 1 aliphatic rings. The summed E-state index contributed by atoms with van der Waals surface area (Å²) in [7, 11) is 1.63. The van der Waals surface area contributed by atoms with E-state index in [-0.39, 0.29) is 12.0 Å². The smallest absolute Gasteiger partial charge is 0.256 e. The van der Waals surface area contributed by atoms with E-state index >= 15 is 0 Å². The number of oxime groups is 1. The molecule has 112 valence electrons. The van der Waals surface area contributed by atoms with Crippen LogP contribution in [0, 0.1) is 0 Å². The molecule has 1 heterocycles. The minimum absolute atomic E-state index is 0.182. The van der Waals surface area contributed by atoms with Crippen LogP contribution < -0.4 is 10.1 Å². The molecule has 0 fully saturated rings. The van der Waals surface area contributed by atoms with Gasteiger partial charge in [0.2, 0.25) is 0 Å². The summed E-state index contributed by atoms with van der Waals surface area (Å²) < 4.78 is 5.13. The summed E-state index contributed by atoms with van der Waals surface area (Å²) in [6.07, 6.45) is 0.349. The Bertz CT molecular complexity index is 681. The third-order valence-electron chi connectivity index (χ3n) is 3.45. The number of rotatable bonds is 3. The number of nitrogens with one attached hydrogen (secondary N) is 1. The molecule has 1 atom stereocenters. The van der Waals surface area contributed by atoms with E-state index < -0.39 is 0 Å². The van der Waals surface area contributed by atoms with Gasteiger partial charge in [-0.15, -0.1) is 0 Å². The number of carbonyl (C=O) groups excluding carboxylic acids is 1. The Kier molecular flexibility index (Phi) is 4.05. The van der Waals surface area contributed by atoms with Crippen molar-refractivity contribution in [3.8, 4) is 5.75 Å². The van der Waals surface area contributed by atoms with E-state index in [1.165, 1.54) is 0 Å². The molecule has 1 N–H and O–H groups in total. The van der Waals surface area contributed by atoms with Crippen LogP contribution in [0.1, 0.15) is 28.4 Å². The fourth-order valence-corrected chi connectivity index (χ4v) is 2.24. The van der Waals surface area contributed by atoms with Crippen LogP contribution in [0.15, 0.2) is 59.8 Å². The Balaban J connectivity index is 1.61. The van der Waals surface area contributed by atoms with Crippen LogP contribution in [-0.2, 0) is 4.84 Å². The highest BCUT2D eigenvalue weighted by Crippen LogP contribution is 2.27. The van der Waals surface area contributed by atoms with Gasteiger partial charge in [0.1, 0.15) is 5.75 Å². The van der Waals surface area contributed by atoms with E-state index in [9.17, 15) is 4.79 Å². The number of nitrogens with zero attached hydrogens (tertiary/aromatic N) is 1. The lowest BCUT2D eigenvalue weighted by atomic mass is 10.1. The van der Waals surface area contributed by atoms with Gasteiger partial charge in [0.25, 0.3) is 5.91 Å². The molecule has 0 radical (unpaired) electrons. The van der Waals surface area contributed by atoms with Crippen molar-refractivity contribution in [2.45, 2.75) is 12.5 Å². The maximum atomic E-state index is 12.1. The van der Waals surface area contributed by atoms with Crippen LogP contribution in [0.2, 0.25) is 0 Å². The standard InChI is InChI=1S/C17H16N2O3/c1-21-14-9-7-12(8-10-14)15-11-16(19-22-15)18-17(20)13-5-3-2-4-6-13/h2-10,15H,11H2,1H3,(H,18,19,20). The first-order chi connectivity index (χ1) is 10.8. The van der Waals surface area contributed by atoms with Crippen molar-refractivity contribution in [2.24, 2.45) is 5.16 Å². The average molecular weight is 296 g/mol. The molecule has 0 saturated heterocycles. The van der Waals surface area contributed by atoms with E-state index in [1.54, 1.807) is 19.2 Å². The average Bonchev–Trinajstić information content (AvgIpc) is 3.04. The van der Waals surface area contributed by atoms with Gasteiger partial charge < -0.3 is 14.9 Å². The minimum atomic E-state index is -0.183. The highest BCUT2D eigenvalue weighted by molar-refractivity contribution is 6.06. The van der Waals surface area contributed by atoms with Gasteiger partial charge in [-0.3, -0.25) is 4.79 Å². The van der Waals surface area contributed by atoms with Gasteiger partial charge >= 0.3 is 0 Å². The largest absolute Gasteiger partial charge is 0.497 e. The van der Waals surface area contributed by atoms with Crippen molar-refractivity contribution in [1.29, 1.82) is 0 Å². The Labute approximate surface area is 128 Å². The fraction of sp³-hybridized carbons (Fsp3) is 0.176. The monoisotopic (exact) mass is 296 g/mol. The van der Waals surface area contributed by atoms with Gasteiger partial charge in [0, 0.05) is 5.56 Å². The quantitative estimate of drug-likeness (QED) is 0.947. The molecule has 5 nitrogen and oxygen atoms in total. The molecule has 0 bridgehead atoms. The Morgan fingerprint density at radius 3 is 2.59 bits per heavy atom. The topological polar surface area (TPSA) is 59.9 Å². The van der Waals surface area contributed by atoms with Crippen molar-refractivity contribution >= 4 is 11.7 Å². The number of amidine groups is 1. The van der Waals surface area contributed by atoms with E-state index in [1.807, 2.05) is 42.5 Å². The zero-order chi connectivity index (χ0) is 15.4. The van der Waals surface area contributed by atoms with Crippen LogP contribution in [-0.4, -0.2) is 18.9 Å². The van der Waals surface area contributed by atoms with Gasteiger partial charge in [-0.05, 0) is 29.8 Å². The molecule has 2 aromatic rings. The molecular weight excluding hydrogens is 280 g/mol. The first kappa shape index (κ1) is 14.1. The number of amides is 1. The second kappa shape index (κ2) is 6.30. The molecule has 0 spiro atoms. The highest BCUT2D eigenvalue weighted by atomic mass is 16.6.